The fourth-order valence-corrected chi connectivity index (χ4v) is 6.38. The Labute approximate surface area is 217 Å². The van der Waals surface area contributed by atoms with Gasteiger partial charge in [-0.1, -0.05) is 18.3 Å². The Balaban J connectivity index is 1.46. The van der Waals surface area contributed by atoms with E-state index in [0.717, 1.165) is 44.6 Å². The molecule has 3 atom stereocenters. The standard InChI is InChI=1S/C26H42F2N4O3S/c1-25(2)18-35-11-3-4-21-14-31(15-22-17-36-30-29-22)10-7-20(21)12-24(34)32(16-23(25)33)13-19-5-8-26(27,28)9-6-19/h17,19-21,23,33H,3-16,18H2,1-2H3/t20-,21-,23-/m0/s1. The van der Waals surface area contributed by atoms with Crippen molar-refractivity contribution in [2.75, 3.05) is 39.4 Å². The van der Waals surface area contributed by atoms with Gasteiger partial charge in [0.1, 0.15) is 0 Å². The number of ether oxygens (including phenoxy) is 1. The van der Waals surface area contributed by atoms with Crippen molar-refractivity contribution in [2.24, 2.45) is 23.2 Å². The summed E-state index contributed by atoms with van der Waals surface area (Å²) < 4.78 is 37.4. The van der Waals surface area contributed by atoms with E-state index < -0.39 is 17.4 Å². The van der Waals surface area contributed by atoms with Gasteiger partial charge in [0.05, 0.1) is 18.4 Å². The van der Waals surface area contributed by atoms with E-state index in [-0.39, 0.29) is 37.1 Å². The molecule has 1 aromatic heterocycles. The van der Waals surface area contributed by atoms with E-state index in [2.05, 4.69) is 14.5 Å². The van der Waals surface area contributed by atoms with Crippen LogP contribution < -0.4 is 0 Å². The first kappa shape index (κ1) is 27.8. The molecule has 1 saturated carbocycles. The van der Waals surface area contributed by atoms with Crippen molar-refractivity contribution in [1.82, 2.24) is 19.4 Å². The first-order valence-electron chi connectivity index (χ1n) is 13.5. The topological polar surface area (TPSA) is 78.8 Å². The molecule has 2 saturated heterocycles. The number of aliphatic hydroxyl groups excluding tert-OH is 1. The minimum atomic E-state index is -2.59. The van der Waals surface area contributed by atoms with Crippen molar-refractivity contribution in [2.45, 2.75) is 83.8 Å². The van der Waals surface area contributed by atoms with Gasteiger partial charge in [0.2, 0.25) is 11.8 Å². The number of halogens is 2. The zero-order chi connectivity index (χ0) is 25.8. The van der Waals surface area contributed by atoms with Crippen LogP contribution in [0.3, 0.4) is 0 Å². The van der Waals surface area contributed by atoms with Crippen LogP contribution in [0.25, 0.3) is 0 Å². The van der Waals surface area contributed by atoms with Gasteiger partial charge in [-0.25, -0.2) is 8.78 Å². The molecule has 0 spiro atoms. The number of alkyl halides is 2. The van der Waals surface area contributed by atoms with Crippen LogP contribution in [0.2, 0.25) is 0 Å². The summed E-state index contributed by atoms with van der Waals surface area (Å²) in [5, 5.41) is 17.2. The van der Waals surface area contributed by atoms with Crippen molar-refractivity contribution < 1.29 is 23.4 Å². The summed E-state index contributed by atoms with van der Waals surface area (Å²) in [5.41, 5.74) is 0.486. The Hall–Kier alpha value is -1.23. The highest BCUT2D eigenvalue weighted by Gasteiger charge is 2.39. The van der Waals surface area contributed by atoms with Crippen molar-refractivity contribution >= 4 is 17.4 Å². The van der Waals surface area contributed by atoms with Gasteiger partial charge in [-0.3, -0.25) is 9.69 Å². The molecule has 0 radical (unpaired) electrons. The van der Waals surface area contributed by atoms with Crippen molar-refractivity contribution in [3.8, 4) is 0 Å². The molecule has 4 rings (SSSR count). The van der Waals surface area contributed by atoms with Crippen LogP contribution in [0.1, 0.15) is 70.9 Å². The number of amides is 1. The number of hydrogen-bond donors (Lipinski definition) is 1. The Kier molecular flexibility index (Phi) is 9.33. The fourth-order valence-electron chi connectivity index (χ4n) is 5.94. The molecule has 1 N–H and O–H groups in total. The van der Waals surface area contributed by atoms with Gasteiger partial charge in [0, 0.05) is 62.8 Å². The SMILES string of the molecule is CC1(C)COCCC[C@H]2CN(Cc3csnn3)CC[C@H]2CC(=O)N(CC2CCC(F)(F)CC2)C[C@@H]1O. The monoisotopic (exact) mass is 528 g/mol. The Morgan fingerprint density at radius 2 is 1.94 bits per heavy atom. The number of aromatic nitrogens is 2. The summed E-state index contributed by atoms with van der Waals surface area (Å²) in [6.45, 7) is 8.27. The van der Waals surface area contributed by atoms with Crippen LogP contribution in [-0.4, -0.2) is 81.8 Å². The lowest BCUT2D eigenvalue weighted by Crippen LogP contribution is -2.48. The number of carbonyl (C=O) groups excluding carboxylic acids is 1. The maximum Gasteiger partial charge on any atom is 0.248 e. The van der Waals surface area contributed by atoms with E-state index in [1.807, 2.05) is 19.2 Å². The Bertz CT molecular complexity index is 831. The fraction of sp³-hybridized carbons (Fsp3) is 0.885. The minimum absolute atomic E-state index is 0.0505. The molecular formula is C26H42F2N4O3S. The molecule has 1 aliphatic carbocycles. The van der Waals surface area contributed by atoms with Crippen LogP contribution in [0, 0.1) is 23.2 Å². The number of likely N-dealkylation sites (tertiary alicyclic amines) is 1. The van der Waals surface area contributed by atoms with Crippen LogP contribution in [-0.2, 0) is 16.1 Å². The third-order valence-corrected chi connectivity index (χ3v) is 9.06. The number of nitrogens with zero attached hydrogens (tertiary/aromatic N) is 4. The second-order valence-electron chi connectivity index (χ2n) is 11.9. The largest absolute Gasteiger partial charge is 0.391 e. The molecule has 2 aliphatic heterocycles. The van der Waals surface area contributed by atoms with Crippen LogP contribution in [0.15, 0.2) is 5.38 Å². The number of fused-ring (bicyclic) bond motifs is 1. The lowest BCUT2D eigenvalue weighted by molar-refractivity contribution is -0.138. The molecule has 0 bridgehead atoms. The lowest BCUT2D eigenvalue weighted by atomic mass is 9.80. The van der Waals surface area contributed by atoms with E-state index in [1.165, 1.54) is 11.5 Å². The summed E-state index contributed by atoms with van der Waals surface area (Å²) in [6, 6.07) is 0. The molecular weight excluding hydrogens is 486 g/mol. The predicted octanol–water partition coefficient (Wildman–Crippen LogP) is 4.22. The van der Waals surface area contributed by atoms with E-state index >= 15 is 0 Å². The van der Waals surface area contributed by atoms with E-state index in [9.17, 15) is 18.7 Å². The molecule has 1 aromatic rings. The summed E-state index contributed by atoms with van der Waals surface area (Å²) >= 11 is 1.37. The predicted molar refractivity (Wildman–Crippen MR) is 135 cm³/mol. The highest BCUT2D eigenvalue weighted by atomic mass is 32.1. The number of piperidine rings is 1. The molecule has 3 heterocycles. The van der Waals surface area contributed by atoms with Crippen molar-refractivity contribution in [1.29, 1.82) is 0 Å². The lowest BCUT2D eigenvalue weighted by Gasteiger charge is -2.40. The molecule has 10 heteroatoms. The van der Waals surface area contributed by atoms with Gasteiger partial charge in [0.15, 0.2) is 0 Å². The average molecular weight is 529 g/mol. The van der Waals surface area contributed by atoms with Crippen molar-refractivity contribution in [3.05, 3.63) is 11.1 Å². The van der Waals surface area contributed by atoms with Crippen LogP contribution in [0.4, 0.5) is 8.78 Å². The second-order valence-corrected chi connectivity index (χ2v) is 12.6. The Morgan fingerprint density at radius 1 is 1.17 bits per heavy atom. The molecule has 3 aliphatic rings. The molecule has 7 nitrogen and oxygen atoms in total. The van der Waals surface area contributed by atoms with E-state index in [0.29, 0.717) is 44.9 Å². The molecule has 0 aromatic carbocycles. The zero-order valence-electron chi connectivity index (χ0n) is 21.7. The third kappa shape index (κ3) is 7.65. The molecule has 0 unspecified atom stereocenters. The van der Waals surface area contributed by atoms with Gasteiger partial charge in [-0.2, -0.15) is 0 Å². The van der Waals surface area contributed by atoms with Gasteiger partial charge >= 0.3 is 0 Å². The molecule has 3 fully saturated rings. The molecule has 204 valence electrons. The first-order valence-corrected chi connectivity index (χ1v) is 14.3. The van der Waals surface area contributed by atoms with Gasteiger partial charge in [0.25, 0.3) is 0 Å². The molecule has 36 heavy (non-hydrogen) atoms. The smallest absolute Gasteiger partial charge is 0.248 e. The van der Waals surface area contributed by atoms with Gasteiger partial charge < -0.3 is 14.7 Å². The van der Waals surface area contributed by atoms with Crippen molar-refractivity contribution in [3.63, 3.8) is 0 Å². The van der Waals surface area contributed by atoms with Crippen LogP contribution in [0.5, 0.6) is 0 Å². The first-order chi connectivity index (χ1) is 17.1. The summed E-state index contributed by atoms with van der Waals surface area (Å²) in [7, 11) is 0. The van der Waals surface area contributed by atoms with Gasteiger partial charge in [-0.15, -0.1) is 5.10 Å². The number of β-amino-alcohol motifs (C(OH)–C–C–N with tert-alkyl or cyclic N) is 1. The summed E-state index contributed by atoms with van der Waals surface area (Å²) in [6.07, 6.45) is 3.18. The maximum atomic E-state index is 13.7. The molecule has 1 amide bonds. The maximum absolute atomic E-state index is 13.7. The van der Waals surface area contributed by atoms with E-state index in [4.69, 9.17) is 4.74 Å². The summed E-state index contributed by atoms with van der Waals surface area (Å²) in [5.74, 6) is -1.83. The normalized spacial score (nSPS) is 31.2. The highest BCUT2D eigenvalue weighted by Crippen LogP contribution is 2.37. The highest BCUT2D eigenvalue weighted by molar-refractivity contribution is 7.03. The zero-order valence-corrected chi connectivity index (χ0v) is 22.5. The quantitative estimate of drug-likeness (QED) is 0.631. The Morgan fingerprint density at radius 3 is 2.67 bits per heavy atom. The van der Waals surface area contributed by atoms with Crippen LogP contribution >= 0.6 is 11.5 Å². The van der Waals surface area contributed by atoms with Gasteiger partial charge in [-0.05, 0) is 67.9 Å². The number of hydrogen-bond acceptors (Lipinski definition) is 7. The number of carbonyl (C=O) groups is 1. The second kappa shape index (κ2) is 12.1. The summed E-state index contributed by atoms with van der Waals surface area (Å²) in [4.78, 5) is 17.9. The number of aliphatic hydroxyl groups is 1. The minimum Gasteiger partial charge on any atom is -0.391 e. The van der Waals surface area contributed by atoms with E-state index in [1.54, 1.807) is 4.90 Å². The third-order valence-electron chi connectivity index (χ3n) is 8.50. The average Bonchev–Trinajstić information content (AvgIpc) is 3.33. The number of rotatable bonds is 4.